The first kappa shape index (κ1) is 28.5. The van der Waals surface area contributed by atoms with Crippen molar-refractivity contribution in [1.29, 1.82) is 0 Å². The molecule has 202 valence electrons. The quantitative estimate of drug-likeness (QED) is 0.410. The highest BCUT2D eigenvalue weighted by Gasteiger charge is 2.27. The van der Waals surface area contributed by atoms with Crippen molar-refractivity contribution in [3.05, 3.63) is 91.3 Å². The molecule has 38 heavy (non-hydrogen) atoms. The predicted octanol–water partition coefficient (Wildman–Crippen LogP) is 2.09. The molecule has 0 spiro atoms. The molecule has 0 aliphatic carbocycles. The summed E-state index contributed by atoms with van der Waals surface area (Å²) in [6.45, 7) is 3.46. The number of ether oxygens (including phenoxy) is 1. The lowest BCUT2D eigenvalue weighted by Crippen LogP contribution is -2.44. The zero-order chi connectivity index (χ0) is 28.1. The van der Waals surface area contributed by atoms with Crippen LogP contribution in [0, 0.1) is 18.6 Å². The van der Waals surface area contributed by atoms with Gasteiger partial charge >= 0.3 is 11.7 Å². The van der Waals surface area contributed by atoms with E-state index in [-0.39, 0.29) is 25.1 Å². The number of halogens is 2. The number of carbonyl (C=O) groups excluding carboxylic acids is 2. The maximum absolute atomic E-state index is 14.5. The van der Waals surface area contributed by atoms with Crippen LogP contribution in [-0.4, -0.2) is 33.7 Å². The number of rotatable bonds is 9. The van der Waals surface area contributed by atoms with Crippen LogP contribution in [0.3, 0.4) is 0 Å². The van der Waals surface area contributed by atoms with E-state index in [1.165, 1.54) is 11.6 Å². The van der Waals surface area contributed by atoms with Crippen molar-refractivity contribution in [2.75, 3.05) is 6.61 Å². The minimum absolute atomic E-state index is 0.0387. The van der Waals surface area contributed by atoms with Crippen molar-refractivity contribution in [3.63, 3.8) is 0 Å². The Kier molecular flexibility index (Phi) is 8.95. The second-order valence-corrected chi connectivity index (χ2v) is 8.90. The number of benzene rings is 2. The van der Waals surface area contributed by atoms with E-state index in [4.69, 9.17) is 10.5 Å². The molecule has 0 saturated carbocycles. The third kappa shape index (κ3) is 5.88. The minimum Gasteiger partial charge on any atom is -0.464 e. The molecular weight excluding hydrogens is 498 g/mol. The zero-order valence-corrected chi connectivity index (χ0v) is 21.6. The second-order valence-electron chi connectivity index (χ2n) is 8.90. The smallest absolute Gasteiger partial charge is 0.330 e. The fourth-order valence-electron chi connectivity index (χ4n) is 4.01. The highest BCUT2D eigenvalue weighted by molar-refractivity contribution is 5.97. The van der Waals surface area contributed by atoms with Crippen molar-refractivity contribution in [1.82, 2.24) is 14.5 Å². The largest absolute Gasteiger partial charge is 0.464 e. The van der Waals surface area contributed by atoms with Crippen LogP contribution in [-0.2, 0) is 36.6 Å². The van der Waals surface area contributed by atoms with Crippen LogP contribution in [0.15, 0.2) is 46.0 Å². The Bertz CT molecular complexity index is 1460. The Morgan fingerprint density at radius 3 is 2.18 bits per heavy atom. The fourth-order valence-corrected chi connectivity index (χ4v) is 4.01. The van der Waals surface area contributed by atoms with Crippen molar-refractivity contribution in [3.8, 4) is 11.1 Å². The monoisotopic (exact) mass is 528 g/mol. The van der Waals surface area contributed by atoms with Gasteiger partial charge in [0.05, 0.1) is 12.2 Å². The molecule has 1 amide bonds. The van der Waals surface area contributed by atoms with Gasteiger partial charge < -0.3 is 20.4 Å². The van der Waals surface area contributed by atoms with Crippen LogP contribution in [0.25, 0.3) is 11.1 Å². The fraction of sp³-hybridized carbons (Fsp3) is 0.333. The molecule has 2 aromatic carbocycles. The summed E-state index contributed by atoms with van der Waals surface area (Å²) in [4.78, 5) is 50.4. The van der Waals surface area contributed by atoms with Crippen molar-refractivity contribution >= 4 is 11.9 Å². The van der Waals surface area contributed by atoms with E-state index in [9.17, 15) is 28.0 Å². The van der Waals surface area contributed by atoms with Gasteiger partial charge in [-0.25, -0.2) is 18.4 Å². The van der Waals surface area contributed by atoms with Crippen LogP contribution in [0.4, 0.5) is 8.78 Å². The standard InChI is InChI=1S/C27H30F2N4O5/c1-5-10-38-26(36)21(31-24(34)23-19(28)11-17(14-30)12-20(23)29)13-16-6-8-18(9-7-16)22-15(2)32(3)27(37)33(4)25(22)35/h6-9,11-12,21H,5,10,13-14,30H2,1-4H3,(H,31,34). The van der Waals surface area contributed by atoms with E-state index >= 15 is 0 Å². The molecule has 0 radical (unpaired) electrons. The lowest BCUT2D eigenvalue weighted by atomic mass is 10.00. The number of amides is 1. The molecule has 1 unspecified atom stereocenters. The van der Waals surface area contributed by atoms with Gasteiger partial charge in [0.15, 0.2) is 0 Å². The third-order valence-corrected chi connectivity index (χ3v) is 6.24. The minimum atomic E-state index is -1.24. The molecule has 11 heteroatoms. The van der Waals surface area contributed by atoms with Crippen molar-refractivity contribution in [2.24, 2.45) is 19.8 Å². The average molecular weight is 529 g/mol. The van der Waals surface area contributed by atoms with Crippen LogP contribution in [0.5, 0.6) is 0 Å². The normalized spacial score (nSPS) is 11.8. The number of carbonyl (C=O) groups is 2. The molecular formula is C27H30F2N4O5. The number of hydrogen-bond donors (Lipinski definition) is 2. The van der Waals surface area contributed by atoms with Crippen LogP contribution >= 0.6 is 0 Å². The summed E-state index contributed by atoms with van der Waals surface area (Å²) in [6, 6.07) is 7.32. The van der Waals surface area contributed by atoms with E-state index < -0.39 is 46.4 Å². The summed E-state index contributed by atoms with van der Waals surface area (Å²) < 4.78 is 36.5. The lowest BCUT2D eigenvalue weighted by molar-refractivity contribution is -0.145. The van der Waals surface area contributed by atoms with E-state index in [1.54, 1.807) is 45.2 Å². The number of aromatic nitrogens is 2. The van der Waals surface area contributed by atoms with Gasteiger partial charge in [-0.2, -0.15) is 0 Å². The van der Waals surface area contributed by atoms with Crippen LogP contribution in [0.1, 0.15) is 40.5 Å². The molecule has 0 aliphatic rings. The molecule has 3 aromatic rings. The van der Waals surface area contributed by atoms with Gasteiger partial charge in [-0.1, -0.05) is 31.2 Å². The number of hydrogen-bond acceptors (Lipinski definition) is 6. The number of nitrogens with one attached hydrogen (secondary N) is 1. The molecule has 0 bridgehead atoms. The first-order chi connectivity index (χ1) is 18.0. The van der Waals surface area contributed by atoms with Gasteiger partial charge in [0.1, 0.15) is 23.2 Å². The van der Waals surface area contributed by atoms with Crippen molar-refractivity contribution in [2.45, 2.75) is 39.3 Å². The van der Waals surface area contributed by atoms with Gasteiger partial charge in [-0.15, -0.1) is 0 Å². The summed E-state index contributed by atoms with van der Waals surface area (Å²) in [6.07, 6.45) is 0.502. The number of esters is 1. The average Bonchev–Trinajstić information content (AvgIpc) is 2.89. The third-order valence-electron chi connectivity index (χ3n) is 6.24. The van der Waals surface area contributed by atoms with Crippen molar-refractivity contribution < 1.29 is 23.1 Å². The molecule has 0 fully saturated rings. The highest BCUT2D eigenvalue weighted by atomic mass is 19.1. The maximum Gasteiger partial charge on any atom is 0.330 e. The van der Waals surface area contributed by atoms with Crippen LogP contribution < -0.4 is 22.3 Å². The first-order valence-corrected chi connectivity index (χ1v) is 12.0. The zero-order valence-electron chi connectivity index (χ0n) is 21.6. The van der Waals surface area contributed by atoms with Crippen LogP contribution in [0.2, 0.25) is 0 Å². The second kappa shape index (κ2) is 12.0. The Labute approximate surface area is 217 Å². The number of nitrogens with zero attached hydrogens (tertiary/aromatic N) is 2. The highest BCUT2D eigenvalue weighted by Crippen LogP contribution is 2.20. The molecule has 1 heterocycles. The molecule has 1 atom stereocenters. The first-order valence-electron chi connectivity index (χ1n) is 12.0. The Hall–Kier alpha value is -4.12. The van der Waals surface area contributed by atoms with Gasteiger partial charge in [0.2, 0.25) is 0 Å². The summed E-state index contributed by atoms with van der Waals surface area (Å²) in [5, 5.41) is 2.38. The summed E-state index contributed by atoms with van der Waals surface area (Å²) in [7, 11) is 2.96. The van der Waals surface area contributed by atoms with Gasteiger partial charge in [0.25, 0.3) is 11.5 Å². The van der Waals surface area contributed by atoms with E-state index in [0.29, 0.717) is 28.8 Å². The predicted molar refractivity (Wildman–Crippen MR) is 138 cm³/mol. The summed E-state index contributed by atoms with van der Waals surface area (Å²) >= 11 is 0. The van der Waals surface area contributed by atoms with Gasteiger partial charge in [-0.05, 0) is 42.2 Å². The summed E-state index contributed by atoms with van der Waals surface area (Å²) in [5.41, 5.74) is 5.87. The van der Waals surface area contributed by atoms with Gasteiger partial charge in [0, 0.05) is 32.8 Å². The van der Waals surface area contributed by atoms with E-state index in [1.807, 2.05) is 0 Å². The lowest BCUT2D eigenvalue weighted by Gasteiger charge is -2.19. The Morgan fingerprint density at radius 2 is 1.63 bits per heavy atom. The maximum atomic E-state index is 14.5. The molecule has 0 aliphatic heterocycles. The number of nitrogens with two attached hydrogens (primary N) is 1. The topological polar surface area (TPSA) is 125 Å². The molecule has 0 saturated heterocycles. The van der Waals surface area contributed by atoms with E-state index in [0.717, 1.165) is 16.7 Å². The molecule has 1 aromatic heterocycles. The molecule has 3 rings (SSSR count). The Balaban J connectivity index is 1.91. The Morgan fingerprint density at radius 1 is 1.03 bits per heavy atom. The molecule has 9 nitrogen and oxygen atoms in total. The summed E-state index contributed by atoms with van der Waals surface area (Å²) in [5.74, 6) is -4.06. The van der Waals surface area contributed by atoms with Gasteiger partial charge in [-0.3, -0.25) is 14.2 Å². The SMILES string of the molecule is CCCOC(=O)C(Cc1ccc(-c2c(C)n(C)c(=O)n(C)c2=O)cc1)NC(=O)c1c(F)cc(CN)cc1F. The van der Waals surface area contributed by atoms with E-state index in [2.05, 4.69) is 5.32 Å². The molecule has 3 N–H and O–H groups in total.